The van der Waals surface area contributed by atoms with Gasteiger partial charge in [-0.15, -0.1) is 0 Å². The average molecular weight is 308 g/mol. The third-order valence-corrected chi connectivity index (χ3v) is 1.85. The van der Waals surface area contributed by atoms with Crippen LogP contribution in [0.15, 0.2) is 12.4 Å². The van der Waals surface area contributed by atoms with E-state index in [0.717, 1.165) is 4.68 Å². The van der Waals surface area contributed by atoms with Gasteiger partial charge in [0.05, 0.1) is 9.77 Å². The van der Waals surface area contributed by atoms with Crippen LogP contribution in [0.2, 0.25) is 0 Å². The predicted octanol–water partition coefficient (Wildman–Crippen LogP) is 2.39. The molecule has 0 bridgehead atoms. The van der Waals surface area contributed by atoms with Crippen LogP contribution in [0.5, 0.6) is 0 Å². The molecule has 1 heterocycles. The topological polar surface area (TPSA) is 17.8 Å². The molecule has 0 N–H and O–H groups in total. The van der Waals surface area contributed by atoms with Gasteiger partial charge in [-0.3, -0.25) is 4.68 Å². The van der Waals surface area contributed by atoms with Crippen molar-refractivity contribution in [3.8, 4) is 0 Å². The summed E-state index contributed by atoms with van der Waals surface area (Å²) in [4.78, 5) is 0. The number of hydrogen-bond donors (Lipinski definition) is 0. The lowest BCUT2D eigenvalue weighted by molar-refractivity contribution is -0.139. The largest absolute Gasteiger partial charge is 0.326 e. The number of hydrogen-bond acceptors (Lipinski definition) is 1. The summed E-state index contributed by atoms with van der Waals surface area (Å²) in [6.07, 6.45) is -1.06. The van der Waals surface area contributed by atoms with Crippen LogP contribution >= 0.6 is 22.6 Å². The molecule has 7 heteroatoms. The fraction of sp³-hybridized carbons (Fsp3) is 0.500. The predicted molar refractivity (Wildman–Crippen MR) is 45.9 cm³/mol. The van der Waals surface area contributed by atoms with Gasteiger partial charge < -0.3 is 0 Å². The number of nitrogens with zero attached hydrogens (tertiary/aromatic N) is 2. The molecule has 0 aromatic carbocycles. The minimum atomic E-state index is -4.02. The van der Waals surface area contributed by atoms with Crippen molar-refractivity contribution < 1.29 is 17.6 Å². The van der Waals surface area contributed by atoms with E-state index in [1.165, 1.54) is 12.4 Å². The van der Waals surface area contributed by atoms with Crippen molar-refractivity contribution in [3.63, 3.8) is 0 Å². The Morgan fingerprint density at radius 3 is 2.54 bits per heavy atom. The molecule has 0 radical (unpaired) electrons. The quantitative estimate of drug-likeness (QED) is 0.619. The van der Waals surface area contributed by atoms with E-state index < -0.39 is 18.9 Å². The molecule has 0 saturated carbocycles. The van der Waals surface area contributed by atoms with Crippen LogP contribution in [0.4, 0.5) is 17.6 Å². The maximum absolute atomic E-state index is 12.4. The fourth-order valence-corrected chi connectivity index (χ4v) is 1.16. The summed E-state index contributed by atoms with van der Waals surface area (Å²) in [5.41, 5.74) is 0. The van der Waals surface area contributed by atoms with Crippen LogP contribution in [-0.2, 0) is 6.54 Å². The van der Waals surface area contributed by atoms with Crippen molar-refractivity contribution in [2.45, 2.75) is 18.9 Å². The molecule has 74 valence electrons. The Hall–Kier alpha value is -0.340. The third kappa shape index (κ3) is 2.82. The normalized spacial score (nSPS) is 12.5. The van der Waals surface area contributed by atoms with Gasteiger partial charge in [0.1, 0.15) is 6.54 Å². The van der Waals surface area contributed by atoms with Gasteiger partial charge in [0.15, 0.2) is 0 Å². The van der Waals surface area contributed by atoms with Gasteiger partial charge in [0, 0.05) is 6.20 Å². The molecular weight excluding hydrogens is 303 g/mol. The summed E-state index contributed by atoms with van der Waals surface area (Å²) in [6.45, 7) is -1.09. The van der Waals surface area contributed by atoms with Gasteiger partial charge in [-0.25, -0.2) is 8.78 Å². The first-order chi connectivity index (χ1) is 5.92. The zero-order valence-electron chi connectivity index (χ0n) is 6.22. The first-order valence-corrected chi connectivity index (χ1v) is 4.33. The first kappa shape index (κ1) is 10.7. The molecule has 13 heavy (non-hydrogen) atoms. The molecule has 0 spiro atoms. The van der Waals surface area contributed by atoms with E-state index >= 15 is 0 Å². The number of halogens is 5. The lowest BCUT2D eigenvalue weighted by atomic mass is 10.3. The lowest BCUT2D eigenvalue weighted by Gasteiger charge is -2.14. The van der Waals surface area contributed by atoms with Crippen molar-refractivity contribution in [2.24, 2.45) is 0 Å². The van der Waals surface area contributed by atoms with E-state index in [2.05, 4.69) is 5.10 Å². The van der Waals surface area contributed by atoms with Gasteiger partial charge in [-0.05, 0) is 22.6 Å². The van der Waals surface area contributed by atoms with Gasteiger partial charge in [0.25, 0.3) is 0 Å². The number of alkyl halides is 4. The van der Waals surface area contributed by atoms with Gasteiger partial charge in [0.2, 0.25) is 0 Å². The molecule has 0 saturated heterocycles. The smallest absolute Gasteiger partial charge is 0.265 e. The van der Waals surface area contributed by atoms with Crippen molar-refractivity contribution in [1.82, 2.24) is 9.78 Å². The van der Waals surface area contributed by atoms with Crippen LogP contribution in [-0.4, -0.2) is 22.1 Å². The van der Waals surface area contributed by atoms with Gasteiger partial charge in [-0.2, -0.15) is 13.9 Å². The van der Waals surface area contributed by atoms with E-state index in [1.54, 1.807) is 0 Å². The van der Waals surface area contributed by atoms with Crippen molar-refractivity contribution in [2.75, 3.05) is 0 Å². The molecule has 0 fully saturated rings. The summed E-state index contributed by atoms with van der Waals surface area (Å²) in [5, 5.41) is 3.48. The minimum Gasteiger partial charge on any atom is -0.265 e. The fourth-order valence-electron chi connectivity index (χ4n) is 0.710. The average Bonchev–Trinajstić information content (AvgIpc) is 2.34. The molecule has 0 atom stereocenters. The highest BCUT2D eigenvalue weighted by Gasteiger charge is 2.41. The molecule has 2 nitrogen and oxygen atoms in total. The Balaban J connectivity index is 2.68. The zero-order valence-corrected chi connectivity index (χ0v) is 8.38. The second-order valence-corrected chi connectivity index (χ2v) is 3.66. The van der Waals surface area contributed by atoms with E-state index in [4.69, 9.17) is 0 Å². The van der Waals surface area contributed by atoms with Crippen LogP contribution in [0.1, 0.15) is 0 Å². The van der Waals surface area contributed by atoms with Crippen molar-refractivity contribution in [1.29, 1.82) is 0 Å². The van der Waals surface area contributed by atoms with Gasteiger partial charge >= 0.3 is 12.3 Å². The van der Waals surface area contributed by atoms with E-state index in [1.807, 2.05) is 22.6 Å². The Morgan fingerprint density at radius 2 is 2.15 bits per heavy atom. The Bertz CT molecular complexity index is 286. The summed E-state index contributed by atoms with van der Waals surface area (Å²) in [7, 11) is 0. The molecule has 0 aliphatic rings. The maximum Gasteiger partial charge on any atom is 0.326 e. The highest BCUT2D eigenvalue weighted by atomic mass is 127. The lowest BCUT2D eigenvalue weighted by Crippen LogP contribution is -2.32. The SMILES string of the molecule is FC(F)C(F)(F)Cn1cc(I)cn1. The molecule has 0 aliphatic heterocycles. The Morgan fingerprint density at radius 1 is 1.54 bits per heavy atom. The Kier molecular flexibility index (Phi) is 3.14. The van der Waals surface area contributed by atoms with Crippen LogP contribution < -0.4 is 0 Å². The second kappa shape index (κ2) is 3.81. The summed E-state index contributed by atoms with van der Waals surface area (Å²) in [5.74, 6) is -4.02. The molecule has 0 unspecified atom stereocenters. The highest BCUT2D eigenvalue weighted by Crippen LogP contribution is 2.24. The highest BCUT2D eigenvalue weighted by molar-refractivity contribution is 14.1. The van der Waals surface area contributed by atoms with Crippen LogP contribution in [0.3, 0.4) is 0 Å². The molecule has 1 rings (SSSR count). The monoisotopic (exact) mass is 308 g/mol. The van der Waals surface area contributed by atoms with Crippen LogP contribution in [0.25, 0.3) is 0 Å². The molecular formula is C6H5F4IN2. The maximum atomic E-state index is 12.4. The van der Waals surface area contributed by atoms with Gasteiger partial charge in [-0.1, -0.05) is 0 Å². The summed E-state index contributed by atoms with van der Waals surface area (Å²) in [6, 6.07) is 0. The summed E-state index contributed by atoms with van der Waals surface area (Å²) < 4.78 is 49.7. The van der Waals surface area contributed by atoms with E-state index in [9.17, 15) is 17.6 Å². The molecule has 1 aromatic heterocycles. The minimum absolute atomic E-state index is 0.627. The molecule has 0 aliphatic carbocycles. The summed E-state index contributed by atoms with van der Waals surface area (Å²) >= 11 is 1.85. The first-order valence-electron chi connectivity index (χ1n) is 3.26. The third-order valence-electron chi connectivity index (χ3n) is 1.29. The van der Waals surface area contributed by atoms with E-state index in [0.29, 0.717) is 3.57 Å². The van der Waals surface area contributed by atoms with Crippen LogP contribution in [0, 0.1) is 3.57 Å². The molecule has 0 amide bonds. The van der Waals surface area contributed by atoms with Crippen molar-refractivity contribution in [3.05, 3.63) is 16.0 Å². The zero-order chi connectivity index (χ0) is 10.1. The Labute approximate surface area is 85.1 Å². The standard InChI is InChI=1S/C6H5F4IN2/c7-5(8)6(9,10)3-13-2-4(11)1-12-13/h1-2,5H,3H2. The van der Waals surface area contributed by atoms with Crippen molar-refractivity contribution >= 4 is 22.6 Å². The van der Waals surface area contributed by atoms with E-state index in [-0.39, 0.29) is 0 Å². The number of rotatable bonds is 3. The molecule has 1 aromatic rings. The number of aromatic nitrogens is 2. The second-order valence-electron chi connectivity index (χ2n) is 2.42.